The van der Waals surface area contributed by atoms with E-state index in [1.165, 1.54) is 36.8 Å². The highest BCUT2D eigenvalue weighted by atomic mass is 32.2. The van der Waals surface area contributed by atoms with Crippen molar-refractivity contribution in [1.29, 1.82) is 0 Å². The second-order valence-electron chi connectivity index (χ2n) is 21.8. The fourth-order valence-electron chi connectivity index (χ4n) is 11.4. The number of hydrogen-bond acceptors (Lipinski definition) is 8. The predicted octanol–water partition coefficient (Wildman–Crippen LogP) is 12.6. The molecule has 3 amide bonds. The van der Waals surface area contributed by atoms with Crippen LogP contribution in [0, 0.1) is 0 Å². The van der Waals surface area contributed by atoms with E-state index in [4.69, 9.17) is 9.47 Å². The Morgan fingerprint density at radius 3 is 1.38 bits per heavy atom. The second-order valence-corrected chi connectivity index (χ2v) is 23.5. The second kappa shape index (κ2) is 19.8. The van der Waals surface area contributed by atoms with Gasteiger partial charge >= 0.3 is 18.2 Å². The van der Waals surface area contributed by atoms with Crippen molar-refractivity contribution < 1.29 is 42.2 Å². The van der Waals surface area contributed by atoms with Crippen LogP contribution in [0.3, 0.4) is 0 Å². The number of nitrogens with one attached hydrogen (secondary N) is 1. The Labute approximate surface area is 422 Å². The number of carbonyl (C=O) groups excluding carboxylic acids is 3. The van der Waals surface area contributed by atoms with Gasteiger partial charge in [-0.2, -0.15) is 0 Å². The lowest BCUT2D eigenvalue weighted by molar-refractivity contribution is 0.0569. The first kappa shape index (κ1) is 50.3. The largest absolute Gasteiger partial charge is 0.478 e. The number of amides is 3. The van der Waals surface area contributed by atoms with Gasteiger partial charge in [0, 0.05) is 64.7 Å². The highest BCUT2D eigenvalue weighted by molar-refractivity contribution is 7.89. The van der Waals surface area contributed by atoms with Gasteiger partial charge in [-0.25, -0.2) is 27.5 Å². The molecule has 2 N–H and O–H groups in total. The van der Waals surface area contributed by atoms with Crippen LogP contribution in [0.1, 0.15) is 149 Å². The molecule has 4 aliphatic rings. The van der Waals surface area contributed by atoms with Crippen molar-refractivity contribution in [2.75, 3.05) is 29.1 Å². The van der Waals surface area contributed by atoms with E-state index in [-0.39, 0.29) is 17.2 Å². The van der Waals surface area contributed by atoms with Crippen LogP contribution in [-0.2, 0) is 32.6 Å². The summed E-state index contributed by atoms with van der Waals surface area (Å²) >= 11 is 0. The Kier molecular flexibility index (Phi) is 13.8. The molecular weight excluding hydrogens is 931 g/mol. The van der Waals surface area contributed by atoms with Gasteiger partial charge in [0.2, 0.25) is 10.0 Å². The van der Waals surface area contributed by atoms with E-state index in [2.05, 4.69) is 19.9 Å². The summed E-state index contributed by atoms with van der Waals surface area (Å²) in [5.41, 5.74) is 9.44. The minimum Gasteiger partial charge on any atom is -0.478 e. The number of carbonyl (C=O) groups is 4. The number of ether oxygens (including phenoxy) is 2. The number of para-hydroxylation sites is 2. The van der Waals surface area contributed by atoms with Gasteiger partial charge in [0.15, 0.2) is 0 Å². The van der Waals surface area contributed by atoms with E-state index in [9.17, 15) is 32.7 Å². The fourth-order valence-corrected chi connectivity index (χ4v) is 11.8. The minimum atomic E-state index is -3.70. The summed E-state index contributed by atoms with van der Waals surface area (Å²) < 4.78 is 41.4. The van der Waals surface area contributed by atoms with E-state index in [1.807, 2.05) is 96.1 Å². The number of anilines is 2. The molecule has 72 heavy (non-hydrogen) atoms. The number of rotatable bonds is 5. The van der Waals surface area contributed by atoms with Gasteiger partial charge in [0.25, 0.3) is 5.91 Å². The Morgan fingerprint density at radius 2 is 0.972 bits per heavy atom. The third-order valence-corrected chi connectivity index (χ3v) is 14.8. The molecule has 0 unspecified atom stereocenters. The van der Waals surface area contributed by atoms with E-state index < -0.39 is 39.2 Å². The highest BCUT2D eigenvalue weighted by Crippen LogP contribution is 2.49. The Balaban J connectivity index is 0.000000179. The van der Waals surface area contributed by atoms with Gasteiger partial charge in [-0.1, -0.05) is 87.1 Å². The molecule has 2 fully saturated rings. The van der Waals surface area contributed by atoms with E-state index in [1.54, 1.807) is 34.1 Å². The Hall–Kier alpha value is -6.61. The highest BCUT2D eigenvalue weighted by Gasteiger charge is 2.36. The molecule has 15 heteroatoms. The van der Waals surface area contributed by atoms with E-state index >= 15 is 0 Å². The number of sulfonamides is 1. The van der Waals surface area contributed by atoms with Gasteiger partial charge in [-0.15, -0.1) is 0 Å². The maximum atomic E-state index is 13.3. The first-order chi connectivity index (χ1) is 34.2. The molecule has 14 nitrogen and oxygen atoms in total. The zero-order valence-electron chi connectivity index (χ0n) is 42.5. The Morgan fingerprint density at radius 1 is 0.569 bits per heavy atom. The number of aromatic nitrogens is 2. The molecule has 0 radical (unpaired) electrons. The molecule has 2 aliphatic carbocycles. The number of aromatic carboxylic acids is 1. The number of carboxylic acids is 1. The molecular formula is C57H67N5O9S. The van der Waals surface area contributed by atoms with Gasteiger partial charge in [0.05, 0.1) is 34.6 Å². The number of nitrogens with zero attached hydrogens (tertiary/aromatic N) is 4. The summed E-state index contributed by atoms with van der Waals surface area (Å²) in [7, 11) is -3.70. The lowest BCUT2D eigenvalue weighted by Gasteiger charge is -2.28. The van der Waals surface area contributed by atoms with E-state index in [0.717, 1.165) is 100 Å². The van der Waals surface area contributed by atoms with Crippen LogP contribution >= 0.6 is 0 Å². The van der Waals surface area contributed by atoms with Gasteiger partial charge < -0.3 is 23.7 Å². The smallest absolute Gasteiger partial charge is 0.414 e. The van der Waals surface area contributed by atoms with Gasteiger partial charge in [-0.05, 0) is 127 Å². The summed E-state index contributed by atoms with van der Waals surface area (Å²) in [4.78, 5) is 54.5. The molecule has 0 atom stereocenters. The normalized spacial score (nSPS) is 16.5. The van der Waals surface area contributed by atoms with Crippen LogP contribution in [0.15, 0.2) is 84.9 Å². The molecule has 0 bridgehead atoms. The van der Waals surface area contributed by atoms with Crippen molar-refractivity contribution >= 4 is 67.3 Å². The summed E-state index contributed by atoms with van der Waals surface area (Å²) in [5, 5.41) is 11.9. The summed E-state index contributed by atoms with van der Waals surface area (Å²) in [6.45, 7) is 13.1. The maximum absolute atomic E-state index is 13.3. The molecule has 2 saturated carbocycles. The van der Waals surface area contributed by atoms with Crippen LogP contribution < -0.4 is 14.5 Å². The van der Waals surface area contributed by atoms with Crippen LogP contribution in [0.5, 0.6) is 0 Å². The first-order valence-electron chi connectivity index (χ1n) is 25.4. The summed E-state index contributed by atoms with van der Waals surface area (Å²) in [5.74, 6) is -0.807. The first-order valence-corrected chi connectivity index (χ1v) is 27.3. The third kappa shape index (κ3) is 10.4. The average Bonchev–Trinajstić information content (AvgIpc) is 3.68. The lowest BCUT2D eigenvalue weighted by atomic mass is 9.81. The van der Waals surface area contributed by atoms with Crippen LogP contribution in [-0.4, -0.2) is 77.3 Å². The average molecular weight is 998 g/mol. The molecule has 2 aromatic heterocycles. The van der Waals surface area contributed by atoms with Crippen LogP contribution in [0.2, 0.25) is 0 Å². The predicted molar refractivity (Wildman–Crippen MR) is 283 cm³/mol. The molecule has 0 spiro atoms. The molecule has 0 saturated heterocycles. The SMILES string of the molecule is CC(C)(C)OC(=O)N1CCn2c(c(C3CCCCC3)c3ccc(C(=O)NS(C)(=O)=O)cc32)-c2ccccc21.CC(C)(C)OC(=O)N1CCn2c(c(C3CCCCC3)c3ccc(C(=O)O)cc32)-c2ccccc21. The number of carboxylic acid groups (broad SMARTS) is 1. The number of benzene rings is 4. The van der Waals surface area contributed by atoms with Crippen LogP contribution in [0.25, 0.3) is 44.3 Å². The lowest BCUT2D eigenvalue weighted by Crippen LogP contribution is -2.38. The fraction of sp³-hybridized carbons (Fsp3) is 0.439. The number of fused-ring (bicyclic) bond motifs is 10. The summed E-state index contributed by atoms with van der Waals surface area (Å²) in [6, 6.07) is 26.9. The molecule has 4 aromatic carbocycles. The van der Waals surface area contributed by atoms with Crippen molar-refractivity contribution in [3.63, 3.8) is 0 Å². The zero-order valence-corrected chi connectivity index (χ0v) is 43.4. The van der Waals surface area contributed by atoms with E-state index in [0.29, 0.717) is 38.0 Å². The van der Waals surface area contributed by atoms with Crippen molar-refractivity contribution in [1.82, 2.24) is 13.9 Å². The summed E-state index contributed by atoms with van der Waals surface area (Å²) in [6.07, 6.45) is 11.9. The quantitative estimate of drug-likeness (QED) is 0.171. The molecule has 380 valence electrons. The molecule has 10 rings (SSSR count). The van der Waals surface area contributed by atoms with Crippen molar-refractivity contribution in [2.24, 2.45) is 0 Å². The minimum absolute atomic E-state index is 0.278. The van der Waals surface area contributed by atoms with Crippen molar-refractivity contribution in [2.45, 2.75) is 142 Å². The number of hydrogen-bond donors (Lipinski definition) is 2. The van der Waals surface area contributed by atoms with Crippen molar-refractivity contribution in [3.05, 3.63) is 107 Å². The maximum Gasteiger partial charge on any atom is 0.414 e. The molecule has 4 heterocycles. The zero-order chi connectivity index (χ0) is 51.3. The van der Waals surface area contributed by atoms with Crippen LogP contribution in [0.4, 0.5) is 21.0 Å². The third-order valence-electron chi connectivity index (χ3n) is 14.2. The molecule has 6 aromatic rings. The van der Waals surface area contributed by atoms with Gasteiger partial charge in [-0.3, -0.25) is 14.6 Å². The topological polar surface area (TPSA) is 169 Å². The standard InChI is InChI=1S/C29H35N3O5S.C28H32N2O4/c1-29(2,3)37-28(34)32-17-16-31-24-18-20(27(33)30-38(4,35)36)14-15-21(24)25(19-10-6-5-7-11-19)26(31)22-12-8-9-13-23(22)32;1-28(2,3)34-27(33)30-16-15-29-23-17-19(26(31)32)13-14-20(23)24(18-9-5-4-6-10-18)25(29)21-11-7-8-12-22(21)30/h8-9,12-15,18-19H,5-7,10-11,16-17H2,1-4H3,(H,30,33);7-8,11-14,17-18H,4-6,9-10,15-16H2,1-3H3,(H,31,32). The molecule has 2 aliphatic heterocycles. The van der Waals surface area contributed by atoms with Gasteiger partial charge in [0.1, 0.15) is 11.2 Å². The van der Waals surface area contributed by atoms with Crippen molar-refractivity contribution in [3.8, 4) is 22.5 Å². The monoisotopic (exact) mass is 997 g/mol. The Bertz CT molecular complexity index is 3200.